The van der Waals surface area contributed by atoms with E-state index in [1.807, 2.05) is 19.1 Å². The Morgan fingerprint density at radius 1 is 1.78 bits per heavy atom. The van der Waals surface area contributed by atoms with Crippen molar-refractivity contribution in [3.63, 3.8) is 0 Å². The van der Waals surface area contributed by atoms with Crippen molar-refractivity contribution < 1.29 is 5.11 Å². The summed E-state index contributed by atoms with van der Waals surface area (Å²) in [5.41, 5.74) is 5.12. The molecule has 0 aromatic carbocycles. The minimum absolute atomic E-state index is 0.269. The van der Waals surface area contributed by atoms with E-state index in [1.54, 1.807) is 6.08 Å². The molecule has 0 heterocycles. The van der Waals surface area contributed by atoms with Gasteiger partial charge in [-0.3, -0.25) is 0 Å². The Morgan fingerprint density at radius 2 is 2.44 bits per heavy atom. The zero-order valence-electron chi connectivity index (χ0n) is 5.46. The quantitative estimate of drug-likeness (QED) is 0.509. The molecule has 9 heavy (non-hydrogen) atoms. The number of nitrogens with two attached hydrogens (primary N) is 1. The van der Waals surface area contributed by atoms with Crippen molar-refractivity contribution >= 4 is 0 Å². The van der Waals surface area contributed by atoms with Gasteiger partial charge in [0.1, 0.15) is 5.76 Å². The summed E-state index contributed by atoms with van der Waals surface area (Å²) < 4.78 is 0. The van der Waals surface area contributed by atoms with Crippen molar-refractivity contribution in [2.75, 3.05) is 0 Å². The van der Waals surface area contributed by atoms with Crippen molar-refractivity contribution in [2.45, 2.75) is 18.9 Å². The molecule has 0 aliphatic heterocycles. The van der Waals surface area contributed by atoms with Crippen molar-refractivity contribution in [3.8, 4) is 0 Å². The van der Waals surface area contributed by atoms with Crippen LogP contribution < -0.4 is 5.73 Å². The Balaban J connectivity index is 2.83. The van der Waals surface area contributed by atoms with E-state index < -0.39 is 5.54 Å². The van der Waals surface area contributed by atoms with Gasteiger partial charge in [0.15, 0.2) is 0 Å². The standard InChI is InChI=1S/C7H11NO/c1-7(8)5-3-2-4-6(7)9/h2-4,9H,5,8H2,1H3. The van der Waals surface area contributed by atoms with E-state index in [2.05, 4.69) is 0 Å². The van der Waals surface area contributed by atoms with Crippen LogP contribution in [0.1, 0.15) is 13.3 Å². The topological polar surface area (TPSA) is 46.2 Å². The van der Waals surface area contributed by atoms with E-state index in [0.29, 0.717) is 0 Å². The fourth-order valence-electron chi connectivity index (χ4n) is 0.767. The van der Waals surface area contributed by atoms with Gasteiger partial charge >= 0.3 is 0 Å². The monoisotopic (exact) mass is 125 g/mol. The summed E-state index contributed by atoms with van der Waals surface area (Å²) >= 11 is 0. The number of hydrogen-bond donors (Lipinski definition) is 2. The SMILES string of the molecule is CC1(N)CC=CC=C1O. The fourth-order valence-corrected chi connectivity index (χ4v) is 0.767. The van der Waals surface area contributed by atoms with E-state index in [1.165, 1.54) is 0 Å². The van der Waals surface area contributed by atoms with Crippen molar-refractivity contribution in [1.29, 1.82) is 0 Å². The predicted molar refractivity (Wildman–Crippen MR) is 37.1 cm³/mol. The fraction of sp³-hybridized carbons (Fsp3) is 0.429. The maximum Gasteiger partial charge on any atom is 0.112 e. The largest absolute Gasteiger partial charge is 0.510 e. The zero-order valence-corrected chi connectivity index (χ0v) is 5.46. The number of allylic oxidation sites excluding steroid dienone is 2. The van der Waals surface area contributed by atoms with Crippen molar-refractivity contribution in [1.82, 2.24) is 0 Å². The molecule has 2 nitrogen and oxygen atoms in total. The molecule has 0 bridgehead atoms. The summed E-state index contributed by atoms with van der Waals surface area (Å²) in [5, 5.41) is 9.12. The first-order valence-electron chi connectivity index (χ1n) is 2.98. The van der Waals surface area contributed by atoms with Crippen LogP contribution in [0.3, 0.4) is 0 Å². The second-order valence-corrected chi connectivity index (χ2v) is 2.60. The summed E-state index contributed by atoms with van der Waals surface area (Å²) in [6, 6.07) is 0. The van der Waals surface area contributed by atoms with Crippen LogP contribution in [-0.4, -0.2) is 10.6 Å². The molecule has 0 aromatic rings. The molecule has 2 heteroatoms. The summed E-state index contributed by atoms with van der Waals surface area (Å²) in [6.45, 7) is 1.81. The second kappa shape index (κ2) is 1.88. The minimum atomic E-state index is -0.533. The van der Waals surface area contributed by atoms with Crippen molar-refractivity contribution in [3.05, 3.63) is 24.0 Å². The number of aliphatic hydroxyl groups excluding tert-OH is 1. The molecular formula is C7H11NO. The third kappa shape index (κ3) is 1.13. The molecule has 0 fully saturated rings. The molecule has 1 aliphatic carbocycles. The predicted octanol–water partition coefficient (Wildman–Crippen LogP) is 1.11. The molecule has 0 aromatic heterocycles. The first kappa shape index (κ1) is 6.36. The van der Waals surface area contributed by atoms with Gasteiger partial charge in [-0.25, -0.2) is 0 Å². The maximum absolute atomic E-state index is 9.12. The van der Waals surface area contributed by atoms with Crippen molar-refractivity contribution in [2.24, 2.45) is 5.73 Å². The average Bonchev–Trinajstić information content (AvgIpc) is 1.77. The first-order chi connectivity index (χ1) is 4.13. The Hall–Kier alpha value is -0.760. The van der Waals surface area contributed by atoms with Crippen LogP contribution in [0.5, 0.6) is 0 Å². The summed E-state index contributed by atoms with van der Waals surface area (Å²) in [5.74, 6) is 0.269. The third-order valence-electron chi connectivity index (χ3n) is 1.52. The lowest BCUT2D eigenvalue weighted by Gasteiger charge is -2.23. The molecule has 1 aliphatic rings. The molecule has 1 atom stereocenters. The Morgan fingerprint density at radius 3 is 2.78 bits per heavy atom. The van der Waals surface area contributed by atoms with Gasteiger partial charge in [0.2, 0.25) is 0 Å². The van der Waals surface area contributed by atoms with Gasteiger partial charge in [0.05, 0.1) is 5.54 Å². The van der Waals surface area contributed by atoms with Gasteiger partial charge in [-0.05, 0) is 19.4 Å². The van der Waals surface area contributed by atoms with Crippen LogP contribution in [0.15, 0.2) is 24.0 Å². The van der Waals surface area contributed by atoms with Crippen LogP contribution in [-0.2, 0) is 0 Å². The Labute approximate surface area is 54.7 Å². The molecule has 1 unspecified atom stereocenters. The summed E-state index contributed by atoms with van der Waals surface area (Å²) in [6.07, 6.45) is 6.10. The lowest BCUT2D eigenvalue weighted by atomic mass is 9.93. The van der Waals surface area contributed by atoms with Gasteiger partial charge in [-0.1, -0.05) is 12.2 Å². The molecule has 1 rings (SSSR count). The summed E-state index contributed by atoms with van der Waals surface area (Å²) in [7, 11) is 0. The van der Waals surface area contributed by atoms with Crippen LogP contribution in [0.2, 0.25) is 0 Å². The molecule has 0 radical (unpaired) electrons. The lowest BCUT2D eigenvalue weighted by molar-refractivity contribution is 0.306. The number of hydrogen-bond acceptors (Lipinski definition) is 2. The van der Waals surface area contributed by atoms with E-state index in [9.17, 15) is 0 Å². The molecule has 0 saturated carbocycles. The highest BCUT2D eigenvalue weighted by Gasteiger charge is 2.22. The molecule has 50 valence electrons. The minimum Gasteiger partial charge on any atom is -0.510 e. The molecular weight excluding hydrogens is 114 g/mol. The van der Waals surface area contributed by atoms with E-state index in [-0.39, 0.29) is 5.76 Å². The van der Waals surface area contributed by atoms with E-state index in [0.717, 1.165) is 6.42 Å². The van der Waals surface area contributed by atoms with Gasteiger partial charge in [0.25, 0.3) is 0 Å². The highest BCUT2D eigenvalue weighted by atomic mass is 16.3. The van der Waals surface area contributed by atoms with E-state index in [4.69, 9.17) is 10.8 Å². The maximum atomic E-state index is 9.12. The molecule has 0 saturated heterocycles. The van der Waals surface area contributed by atoms with Gasteiger partial charge < -0.3 is 10.8 Å². The van der Waals surface area contributed by atoms with Crippen LogP contribution >= 0.6 is 0 Å². The molecule has 0 amide bonds. The van der Waals surface area contributed by atoms with E-state index >= 15 is 0 Å². The lowest BCUT2D eigenvalue weighted by Crippen LogP contribution is -2.38. The second-order valence-electron chi connectivity index (χ2n) is 2.60. The third-order valence-corrected chi connectivity index (χ3v) is 1.52. The smallest absolute Gasteiger partial charge is 0.112 e. The molecule has 0 spiro atoms. The first-order valence-corrected chi connectivity index (χ1v) is 2.98. The Kier molecular flexibility index (Phi) is 1.33. The van der Waals surface area contributed by atoms with Crippen LogP contribution in [0, 0.1) is 0 Å². The zero-order chi connectivity index (χ0) is 6.91. The summed E-state index contributed by atoms with van der Waals surface area (Å²) in [4.78, 5) is 0. The average molecular weight is 125 g/mol. The van der Waals surface area contributed by atoms with Gasteiger partial charge in [0, 0.05) is 0 Å². The normalized spacial score (nSPS) is 34.2. The number of aliphatic hydroxyl groups is 1. The molecule has 3 N–H and O–H groups in total. The highest BCUT2D eigenvalue weighted by molar-refractivity contribution is 5.23. The highest BCUT2D eigenvalue weighted by Crippen LogP contribution is 2.19. The van der Waals surface area contributed by atoms with Crippen LogP contribution in [0.4, 0.5) is 0 Å². The van der Waals surface area contributed by atoms with Crippen LogP contribution in [0.25, 0.3) is 0 Å². The number of rotatable bonds is 0. The van der Waals surface area contributed by atoms with Gasteiger partial charge in [-0.15, -0.1) is 0 Å². The van der Waals surface area contributed by atoms with Gasteiger partial charge in [-0.2, -0.15) is 0 Å². The Bertz CT molecular complexity index is 168.